The number of piperidine rings is 4. The number of methoxy groups -OCH3 is 2. The summed E-state index contributed by atoms with van der Waals surface area (Å²) in [6.07, 6.45) is 6.37. The standard InChI is InChI=1S/C40H43Cl2N3O6S.H2O/c1-48-33-10-8-27(20-35(33)49-2)34(21-30-31(41)22-43-23-32(30)42)50-38(46)37-11-9-29(52-37)24-45-18-14-40(15-19-45,28-6-4-3-5-7-28)39(47)51-36-25-44-16-12-26(36)13-17-44;/h3-11,20,22-23,26,34,36H,12-19,21,24-25H2,1-2H3;1H2/t34-,36-;/m0./s1. The zero-order valence-electron chi connectivity index (χ0n) is 29.9. The molecule has 0 saturated carbocycles. The van der Waals surface area contributed by atoms with Gasteiger partial charge in [0.05, 0.1) is 19.6 Å². The lowest BCUT2D eigenvalue weighted by Gasteiger charge is -2.46. The van der Waals surface area contributed by atoms with Crippen molar-refractivity contribution in [3.63, 3.8) is 0 Å². The molecule has 2 N–H and O–H groups in total. The largest absolute Gasteiger partial charge is 0.870 e. The van der Waals surface area contributed by atoms with Crippen molar-refractivity contribution in [2.24, 2.45) is 5.92 Å². The average molecular weight is 783 g/mol. The monoisotopic (exact) mass is 781 g/mol. The summed E-state index contributed by atoms with van der Waals surface area (Å²) >= 11 is 14.4. The predicted octanol–water partition coefficient (Wildman–Crippen LogP) is 7.02. The quantitative estimate of drug-likeness (QED) is 0.140. The highest BCUT2D eigenvalue weighted by atomic mass is 35.5. The molecule has 53 heavy (non-hydrogen) atoms. The van der Waals surface area contributed by atoms with Gasteiger partial charge in [0.1, 0.15) is 27.1 Å². The first-order valence-corrected chi connectivity index (χ1v) is 19.4. The van der Waals surface area contributed by atoms with Crippen LogP contribution >= 0.6 is 34.5 Å². The van der Waals surface area contributed by atoms with E-state index in [9.17, 15) is 9.59 Å². The Balaban J connectivity index is 0.00000481. The molecule has 6 heterocycles. The number of ether oxygens (including phenoxy) is 4. The SMILES string of the molecule is COc1ccc([C@H](Cc2c(Cl)c[nH+]cc2Cl)OC(=O)c2ccc(CN3CCC(C(=O)O[C@H]4CN5CCC4CC5)(c4ccccc4)CC3)s2)cc1OC.[OH-]. The van der Waals surface area contributed by atoms with Crippen LogP contribution in [0.3, 0.4) is 0 Å². The highest BCUT2D eigenvalue weighted by molar-refractivity contribution is 7.13. The Labute approximate surface area is 324 Å². The Morgan fingerprint density at radius 2 is 1.62 bits per heavy atom. The molecular formula is C40H45Cl2N3O7S. The number of fused-ring (bicyclic) bond motifs is 3. The van der Waals surface area contributed by atoms with Crippen molar-refractivity contribution in [1.82, 2.24) is 9.80 Å². The van der Waals surface area contributed by atoms with Gasteiger partial charge in [-0.15, -0.1) is 11.3 Å². The number of esters is 2. The third kappa shape index (κ3) is 8.51. The summed E-state index contributed by atoms with van der Waals surface area (Å²) < 4.78 is 23.5. The van der Waals surface area contributed by atoms with Crippen molar-refractivity contribution in [3.8, 4) is 11.5 Å². The first-order chi connectivity index (χ1) is 25.3. The number of carbonyl (C=O) groups is 2. The maximum Gasteiger partial charge on any atom is 0.348 e. The molecule has 2 aromatic carbocycles. The molecule has 0 spiro atoms. The van der Waals surface area contributed by atoms with E-state index >= 15 is 0 Å². The molecule has 0 amide bonds. The van der Waals surface area contributed by atoms with Crippen LogP contribution in [0.2, 0.25) is 10.0 Å². The molecule has 4 aliphatic rings. The average Bonchev–Trinajstić information content (AvgIpc) is 3.65. The number of nitrogens with one attached hydrogen (secondary N) is 1. The summed E-state index contributed by atoms with van der Waals surface area (Å²) in [6, 6.07) is 19.4. The van der Waals surface area contributed by atoms with Crippen molar-refractivity contribution in [2.75, 3.05) is 46.9 Å². The summed E-state index contributed by atoms with van der Waals surface area (Å²) in [5.74, 6) is 1.02. The molecule has 13 heteroatoms. The van der Waals surface area contributed by atoms with Crippen molar-refractivity contribution >= 4 is 46.5 Å². The second-order valence-electron chi connectivity index (χ2n) is 13.9. The fraction of sp³-hybridized carbons (Fsp3) is 0.425. The molecule has 2 aromatic heterocycles. The number of carbonyl (C=O) groups excluding carboxylic acids is 2. The number of H-pyrrole nitrogens is 1. The number of likely N-dealkylation sites (tertiary alicyclic amines) is 1. The summed E-state index contributed by atoms with van der Waals surface area (Å²) in [5.41, 5.74) is 1.73. The van der Waals surface area contributed by atoms with E-state index in [1.165, 1.54) is 11.3 Å². The maximum atomic E-state index is 14.1. The highest BCUT2D eigenvalue weighted by Crippen LogP contribution is 2.40. The fourth-order valence-corrected chi connectivity index (χ4v) is 9.34. The van der Waals surface area contributed by atoms with Gasteiger partial charge in [-0.05, 0) is 93.2 Å². The van der Waals surface area contributed by atoms with Crippen molar-refractivity contribution < 1.29 is 39.0 Å². The smallest absolute Gasteiger partial charge is 0.348 e. The van der Waals surface area contributed by atoms with Gasteiger partial charge in [-0.2, -0.15) is 0 Å². The molecule has 4 aliphatic heterocycles. The lowest BCUT2D eigenvalue weighted by molar-refractivity contribution is -0.377. The van der Waals surface area contributed by atoms with E-state index in [1.54, 1.807) is 38.7 Å². The minimum Gasteiger partial charge on any atom is -0.870 e. The zero-order valence-corrected chi connectivity index (χ0v) is 32.2. The highest BCUT2D eigenvalue weighted by Gasteiger charge is 2.47. The summed E-state index contributed by atoms with van der Waals surface area (Å²) in [7, 11) is 3.13. The van der Waals surface area contributed by atoms with Crippen LogP contribution < -0.4 is 14.5 Å². The fourth-order valence-electron chi connectivity index (χ4n) is 7.87. The number of aromatic amines is 1. The minimum absolute atomic E-state index is 0. The third-order valence-corrected chi connectivity index (χ3v) is 12.7. The van der Waals surface area contributed by atoms with Crippen LogP contribution in [0.4, 0.5) is 0 Å². The van der Waals surface area contributed by atoms with Crippen LogP contribution in [-0.4, -0.2) is 80.3 Å². The van der Waals surface area contributed by atoms with Crippen LogP contribution in [0.25, 0.3) is 0 Å². The third-order valence-electron chi connectivity index (χ3n) is 10.9. The molecule has 0 aliphatic carbocycles. The van der Waals surface area contributed by atoms with Gasteiger partial charge in [0.15, 0.2) is 23.9 Å². The lowest BCUT2D eigenvalue weighted by atomic mass is 9.72. The zero-order chi connectivity index (χ0) is 36.2. The predicted molar refractivity (Wildman–Crippen MR) is 202 cm³/mol. The number of benzene rings is 2. The van der Waals surface area contributed by atoms with Crippen molar-refractivity contribution in [3.05, 3.63) is 110 Å². The number of pyridine rings is 1. The molecule has 8 rings (SSSR count). The number of hydrogen-bond donors (Lipinski definition) is 0. The molecular weight excluding hydrogens is 737 g/mol. The van der Waals surface area contributed by atoms with Gasteiger partial charge in [0, 0.05) is 30.0 Å². The van der Waals surface area contributed by atoms with E-state index in [-0.39, 0.29) is 24.0 Å². The van der Waals surface area contributed by atoms with Gasteiger partial charge in [-0.1, -0.05) is 59.6 Å². The summed E-state index contributed by atoms with van der Waals surface area (Å²) in [4.78, 5) is 37.0. The number of halogens is 2. The number of aromatic nitrogens is 1. The molecule has 2 bridgehead atoms. The second-order valence-corrected chi connectivity index (χ2v) is 15.9. The van der Waals surface area contributed by atoms with Gasteiger partial charge in [-0.25, -0.2) is 9.78 Å². The molecule has 0 radical (unpaired) electrons. The molecule has 282 valence electrons. The Bertz CT molecular complexity index is 1860. The normalized spacial score (nSPS) is 21.2. The molecule has 10 nitrogen and oxygen atoms in total. The number of hydrogen-bond acceptors (Lipinski definition) is 10. The molecule has 0 unspecified atom stereocenters. The van der Waals surface area contributed by atoms with E-state index in [0.717, 1.165) is 56.0 Å². The number of rotatable bonds is 12. The van der Waals surface area contributed by atoms with E-state index in [2.05, 4.69) is 26.9 Å². The van der Waals surface area contributed by atoms with Gasteiger partial charge in [-0.3, -0.25) is 14.6 Å². The van der Waals surface area contributed by atoms with Crippen molar-refractivity contribution in [2.45, 2.75) is 56.3 Å². The molecule has 4 aromatic rings. The van der Waals surface area contributed by atoms with Crippen LogP contribution in [0.1, 0.15) is 63.0 Å². The van der Waals surface area contributed by atoms with Crippen molar-refractivity contribution in [1.29, 1.82) is 0 Å². The maximum absolute atomic E-state index is 14.1. The Morgan fingerprint density at radius 1 is 0.925 bits per heavy atom. The summed E-state index contributed by atoms with van der Waals surface area (Å²) in [6.45, 7) is 5.20. The Morgan fingerprint density at radius 3 is 2.26 bits per heavy atom. The van der Waals surface area contributed by atoms with Crippen LogP contribution in [0.15, 0.2) is 73.1 Å². The van der Waals surface area contributed by atoms with E-state index in [0.29, 0.717) is 62.9 Å². The first-order valence-electron chi connectivity index (χ1n) is 17.8. The topological polar surface area (TPSA) is 122 Å². The Kier molecular flexibility index (Phi) is 12.6. The van der Waals surface area contributed by atoms with Crippen LogP contribution in [-0.2, 0) is 32.6 Å². The van der Waals surface area contributed by atoms with Crippen LogP contribution in [0, 0.1) is 5.92 Å². The molecule has 4 saturated heterocycles. The molecule has 4 fully saturated rings. The van der Waals surface area contributed by atoms with Gasteiger partial charge in [0.25, 0.3) is 0 Å². The van der Waals surface area contributed by atoms with E-state index in [4.69, 9.17) is 42.1 Å². The van der Waals surface area contributed by atoms with Gasteiger partial charge >= 0.3 is 11.9 Å². The van der Waals surface area contributed by atoms with Crippen LogP contribution in [0.5, 0.6) is 11.5 Å². The summed E-state index contributed by atoms with van der Waals surface area (Å²) in [5, 5.41) is 0.884. The lowest BCUT2D eigenvalue weighted by Crippen LogP contribution is -2.54. The second kappa shape index (κ2) is 17.2. The first kappa shape index (κ1) is 39.0. The minimum atomic E-state index is -0.704. The van der Waals surface area contributed by atoms with E-state index in [1.807, 2.05) is 36.4 Å². The number of thiophene rings is 1. The van der Waals surface area contributed by atoms with Gasteiger partial charge in [0.2, 0.25) is 0 Å². The van der Waals surface area contributed by atoms with E-state index < -0.39 is 17.5 Å². The van der Waals surface area contributed by atoms with Gasteiger partial charge < -0.3 is 24.4 Å². The Hall–Kier alpha value is -3.71. The molecule has 2 atom stereocenters. The number of nitrogens with zero attached hydrogens (tertiary/aromatic N) is 2.